The number of ether oxygens (including phenoxy) is 1. The first-order valence-corrected chi connectivity index (χ1v) is 16.1. The fourth-order valence-corrected chi connectivity index (χ4v) is 4.92. The summed E-state index contributed by atoms with van der Waals surface area (Å²) in [4.78, 5) is 33.2. The molecule has 10 nitrogen and oxygen atoms in total. The van der Waals surface area contributed by atoms with E-state index in [1.54, 1.807) is 19.2 Å². The lowest BCUT2D eigenvalue weighted by atomic mass is 9.92. The molecule has 2 amide bonds. The molecule has 3 aromatic rings. The van der Waals surface area contributed by atoms with Crippen LogP contribution in [0, 0.1) is 29.6 Å². The lowest BCUT2D eigenvalue weighted by Crippen LogP contribution is -2.32. The molecule has 11 heteroatoms. The summed E-state index contributed by atoms with van der Waals surface area (Å²) in [5, 5.41) is 22.7. The summed E-state index contributed by atoms with van der Waals surface area (Å²) in [6.07, 6.45) is 9.02. The maximum atomic E-state index is 12.2. The number of nitrogens with one attached hydrogen (secondary N) is 4. The number of nitrogens with zero attached hydrogens (tertiary/aromatic N) is 3. The topological polar surface area (TPSA) is 146 Å². The predicted octanol–water partition coefficient (Wildman–Crippen LogP) is 7.66. The van der Waals surface area contributed by atoms with Crippen molar-refractivity contribution in [1.82, 2.24) is 19.9 Å². The quantitative estimate of drug-likeness (QED) is 0.121. The molecular formula is C33H49N7O3S. The van der Waals surface area contributed by atoms with Crippen molar-refractivity contribution < 1.29 is 14.3 Å². The van der Waals surface area contributed by atoms with Gasteiger partial charge in [0, 0.05) is 41.8 Å². The van der Waals surface area contributed by atoms with E-state index in [1.165, 1.54) is 17.8 Å². The molecule has 3 rings (SSSR count). The number of pyridine rings is 1. The normalized spacial score (nSPS) is 12.4. The monoisotopic (exact) mass is 623 g/mol. The van der Waals surface area contributed by atoms with E-state index in [1.807, 2.05) is 41.3 Å². The highest BCUT2D eigenvalue weighted by Gasteiger charge is 2.18. The largest absolute Gasteiger partial charge is 0.430 e. The van der Waals surface area contributed by atoms with E-state index in [4.69, 9.17) is 15.6 Å². The molecule has 3 heterocycles. The van der Waals surface area contributed by atoms with E-state index in [0.29, 0.717) is 22.3 Å². The third kappa shape index (κ3) is 12.4. The van der Waals surface area contributed by atoms with Crippen LogP contribution in [0.4, 0.5) is 5.13 Å². The van der Waals surface area contributed by atoms with Crippen molar-refractivity contribution in [2.75, 3.05) is 11.9 Å². The standard InChI is InChI=1S/C20H23N5O2S.C13H26N2O/c1-13-6-5-7-15(22-13)16-12-28-19(23-16)24-17(26)10-21-18(27)14-8-9-25(11-14)20(2,3)4;1-5-7-12(9-8-10(3)6-2)13(15)16-11(4)14/h5-9,11-12H,10H2,1-4H3,(H,21,27)(H,23,24,26);10,12,14-15H,5-9H2,1-4H3. The molecule has 4 N–H and O–H groups in total. The van der Waals surface area contributed by atoms with E-state index < -0.39 is 0 Å². The van der Waals surface area contributed by atoms with Gasteiger partial charge in [-0.15, -0.1) is 11.3 Å². The van der Waals surface area contributed by atoms with Crippen molar-refractivity contribution in [3.8, 4) is 11.4 Å². The summed E-state index contributed by atoms with van der Waals surface area (Å²) >= 11 is 1.32. The van der Waals surface area contributed by atoms with Gasteiger partial charge in [-0.25, -0.2) is 4.98 Å². The van der Waals surface area contributed by atoms with Crippen LogP contribution in [0.1, 0.15) is 96.6 Å². The van der Waals surface area contributed by atoms with Gasteiger partial charge in [0.25, 0.3) is 5.91 Å². The molecule has 240 valence electrons. The molecule has 0 spiro atoms. The van der Waals surface area contributed by atoms with Gasteiger partial charge in [0.1, 0.15) is 5.69 Å². The summed E-state index contributed by atoms with van der Waals surface area (Å²) in [5.74, 6) is 0.684. The number of carbonyl (C=O) groups is 2. The minimum absolute atomic E-state index is 0.107. The smallest absolute Gasteiger partial charge is 0.253 e. The summed E-state index contributed by atoms with van der Waals surface area (Å²) in [6, 6.07) is 7.44. The van der Waals surface area contributed by atoms with Gasteiger partial charge >= 0.3 is 0 Å². The number of carbonyl (C=O) groups excluding carboxylic acids is 2. The summed E-state index contributed by atoms with van der Waals surface area (Å²) < 4.78 is 7.05. The lowest BCUT2D eigenvalue weighted by molar-refractivity contribution is -0.115. The predicted molar refractivity (Wildman–Crippen MR) is 180 cm³/mol. The maximum Gasteiger partial charge on any atom is 0.253 e. The molecular weight excluding hydrogens is 574 g/mol. The Hall–Kier alpha value is -3.86. The zero-order valence-corrected chi connectivity index (χ0v) is 28.2. The fourth-order valence-electron chi connectivity index (χ4n) is 4.20. The molecule has 0 saturated carbocycles. The number of hydrogen-bond donors (Lipinski definition) is 4. The first-order valence-electron chi connectivity index (χ1n) is 15.2. The van der Waals surface area contributed by atoms with E-state index in [9.17, 15) is 9.59 Å². The SMILES string of the molecule is CCCC(CCC(C)CC)C(=N)OC(C)=N.Cc1cccc(-c2csc(NC(=O)CNC(=O)c3ccn(C(C)(C)C)c3)n2)n1. The Morgan fingerprint density at radius 3 is 2.39 bits per heavy atom. The molecule has 0 aliphatic rings. The average Bonchev–Trinajstić information content (AvgIpc) is 3.64. The summed E-state index contributed by atoms with van der Waals surface area (Å²) in [6.45, 7) is 16.1. The minimum Gasteiger partial charge on any atom is -0.430 e. The third-order valence-corrected chi connectivity index (χ3v) is 7.77. The summed E-state index contributed by atoms with van der Waals surface area (Å²) in [5.41, 5.74) is 2.78. The van der Waals surface area contributed by atoms with E-state index in [-0.39, 0.29) is 41.6 Å². The Labute approximate surface area is 266 Å². The molecule has 0 aliphatic heterocycles. The van der Waals surface area contributed by atoms with Gasteiger partial charge in [-0.05, 0) is 71.1 Å². The van der Waals surface area contributed by atoms with Crippen LogP contribution in [-0.2, 0) is 15.1 Å². The van der Waals surface area contributed by atoms with Crippen LogP contribution in [0.2, 0.25) is 0 Å². The first-order chi connectivity index (χ1) is 20.7. The Bertz CT molecular complexity index is 1390. The molecule has 44 heavy (non-hydrogen) atoms. The lowest BCUT2D eigenvalue weighted by Gasteiger charge is -2.20. The highest BCUT2D eigenvalue weighted by Crippen LogP contribution is 2.24. The molecule has 0 aromatic carbocycles. The van der Waals surface area contributed by atoms with Crippen LogP contribution in [0.15, 0.2) is 42.0 Å². The van der Waals surface area contributed by atoms with Crippen LogP contribution < -0.4 is 10.6 Å². The van der Waals surface area contributed by atoms with Crippen LogP contribution in [0.3, 0.4) is 0 Å². The molecule has 0 aliphatic carbocycles. The highest BCUT2D eigenvalue weighted by atomic mass is 32.1. The number of rotatable bonds is 12. The Kier molecular flexibility index (Phi) is 14.4. The number of anilines is 1. The zero-order chi connectivity index (χ0) is 32.9. The Morgan fingerprint density at radius 1 is 1.07 bits per heavy atom. The molecule has 0 radical (unpaired) electrons. The van der Waals surface area contributed by atoms with Gasteiger partial charge in [-0.3, -0.25) is 25.4 Å². The molecule has 3 aromatic heterocycles. The van der Waals surface area contributed by atoms with Crippen molar-refractivity contribution in [2.45, 2.75) is 93.0 Å². The molecule has 2 atom stereocenters. The maximum absolute atomic E-state index is 12.2. The molecule has 2 unspecified atom stereocenters. The van der Waals surface area contributed by atoms with Crippen molar-refractivity contribution in [1.29, 1.82) is 10.8 Å². The number of hydrogen-bond acceptors (Lipinski definition) is 8. The zero-order valence-electron chi connectivity index (χ0n) is 27.4. The van der Waals surface area contributed by atoms with Gasteiger partial charge in [-0.2, -0.15) is 0 Å². The van der Waals surface area contributed by atoms with Crippen molar-refractivity contribution in [3.63, 3.8) is 0 Å². The van der Waals surface area contributed by atoms with Crippen LogP contribution in [0.5, 0.6) is 0 Å². The van der Waals surface area contributed by atoms with Gasteiger partial charge in [0.15, 0.2) is 16.9 Å². The second-order valence-electron chi connectivity index (χ2n) is 12.0. The van der Waals surface area contributed by atoms with Gasteiger partial charge in [-0.1, -0.05) is 39.7 Å². The van der Waals surface area contributed by atoms with Crippen molar-refractivity contribution >= 4 is 40.1 Å². The minimum atomic E-state index is -0.332. The fraction of sp³-hybridized carbons (Fsp3) is 0.515. The van der Waals surface area contributed by atoms with E-state index in [2.05, 4.69) is 62.1 Å². The van der Waals surface area contributed by atoms with Gasteiger partial charge in [0.2, 0.25) is 5.91 Å². The highest BCUT2D eigenvalue weighted by molar-refractivity contribution is 7.14. The third-order valence-electron chi connectivity index (χ3n) is 7.02. The Balaban J connectivity index is 0.000000362. The van der Waals surface area contributed by atoms with Gasteiger partial charge in [0.05, 0.1) is 17.8 Å². The molecule has 0 fully saturated rings. The van der Waals surface area contributed by atoms with Crippen LogP contribution in [0.25, 0.3) is 11.4 Å². The average molecular weight is 624 g/mol. The number of thiazole rings is 1. The summed E-state index contributed by atoms with van der Waals surface area (Å²) in [7, 11) is 0. The second kappa shape index (κ2) is 17.4. The Morgan fingerprint density at radius 2 is 1.80 bits per heavy atom. The second-order valence-corrected chi connectivity index (χ2v) is 12.9. The number of amides is 2. The van der Waals surface area contributed by atoms with Gasteiger partial charge < -0.3 is 19.9 Å². The number of aromatic nitrogens is 3. The number of aryl methyl sites for hydroxylation is 1. The molecule has 0 bridgehead atoms. The van der Waals surface area contributed by atoms with Crippen LogP contribution in [-0.4, -0.2) is 44.7 Å². The van der Waals surface area contributed by atoms with Crippen molar-refractivity contribution in [3.05, 3.63) is 53.3 Å². The van der Waals surface area contributed by atoms with Crippen LogP contribution >= 0.6 is 11.3 Å². The van der Waals surface area contributed by atoms with E-state index >= 15 is 0 Å². The molecule has 0 saturated heterocycles. The van der Waals surface area contributed by atoms with Crippen molar-refractivity contribution in [2.24, 2.45) is 11.8 Å². The van der Waals surface area contributed by atoms with E-state index in [0.717, 1.165) is 37.1 Å². The first kappa shape index (κ1) is 36.3.